The van der Waals surface area contributed by atoms with Gasteiger partial charge in [0.2, 0.25) is 0 Å². The van der Waals surface area contributed by atoms with Crippen molar-refractivity contribution in [2.45, 2.75) is 38.5 Å². The number of nitrogens with one attached hydrogen (secondary N) is 1. The number of nitrogen functional groups attached to an aromatic ring is 1. The van der Waals surface area contributed by atoms with Gasteiger partial charge in [0.05, 0.1) is 17.2 Å². The summed E-state index contributed by atoms with van der Waals surface area (Å²) in [6.45, 7) is 2.51. The van der Waals surface area contributed by atoms with Gasteiger partial charge in [-0.25, -0.2) is 4.98 Å². The molecule has 0 saturated heterocycles. The van der Waals surface area contributed by atoms with Crippen LogP contribution in [0.4, 0.5) is 18.9 Å². The third kappa shape index (κ3) is 2.66. The number of hydrogen-bond acceptors (Lipinski definition) is 3. The molecule has 1 aromatic carbocycles. The van der Waals surface area contributed by atoms with Gasteiger partial charge in [0, 0.05) is 11.0 Å². The van der Waals surface area contributed by atoms with Crippen LogP contribution < -0.4 is 11.1 Å². The Balaban J connectivity index is 2.08. The van der Waals surface area contributed by atoms with Crippen LogP contribution in [-0.2, 0) is 11.3 Å². The Morgan fingerprint density at radius 1 is 1.52 bits per heavy atom. The van der Waals surface area contributed by atoms with Crippen molar-refractivity contribution in [1.82, 2.24) is 14.9 Å². The second-order valence-electron chi connectivity index (χ2n) is 5.58. The van der Waals surface area contributed by atoms with E-state index in [1.165, 1.54) is 0 Å². The molecule has 2 aromatic rings. The molecule has 3 N–H and O–H groups in total. The largest absolute Gasteiger partial charge is 0.471 e. The van der Waals surface area contributed by atoms with Gasteiger partial charge in [-0.15, -0.1) is 0 Å². The highest BCUT2D eigenvalue weighted by Gasteiger charge is 2.41. The van der Waals surface area contributed by atoms with Crippen molar-refractivity contribution in [3.05, 3.63) is 21.9 Å². The molecule has 0 unspecified atom stereocenters. The fourth-order valence-electron chi connectivity index (χ4n) is 2.87. The Morgan fingerprint density at radius 3 is 2.87 bits per heavy atom. The van der Waals surface area contributed by atoms with E-state index in [1.807, 2.05) is 22.9 Å². The minimum atomic E-state index is -4.91. The molecule has 23 heavy (non-hydrogen) atoms. The zero-order valence-electron chi connectivity index (χ0n) is 12.2. The zero-order chi connectivity index (χ0) is 16.9. The van der Waals surface area contributed by atoms with E-state index >= 15 is 0 Å². The van der Waals surface area contributed by atoms with Crippen LogP contribution in [0.2, 0.25) is 0 Å². The Hall–Kier alpha value is -1.77. The number of nitrogens with two attached hydrogens (primary N) is 1. The van der Waals surface area contributed by atoms with E-state index in [9.17, 15) is 18.0 Å². The molecule has 0 aliphatic carbocycles. The summed E-state index contributed by atoms with van der Waals surface area (Å²) in [7, 11) is 0. The van der Waals surface area contributed by atoms with E-state index in [4.69, 9.17) is 5.73 Å². The van der Waals surface area contributed by atoms with Crippen molar-refractivity contribution in [3.8, 4) is 0 Å². The van der Waals surface area contributed by atoms with Gasteiger partial charge >= 0.3 is 12.1 Å². The van der Waals surface area contributed by atoms with Gasteiger partial charge in [-0.3, -0.25) is 4.79 Å². The van der Waals surface area contributed by atoms with E-state index < -0.39 is 18.1 Å². The summed E-state index contributed by atoms with van der Waals surface area (Å²) in [5.41, 5.74) is 8.72. The maximum absolute atomic E-state index is 12.5. The number of imidazole rings is 1. The number of carbonyl (C=O) groups excluding carboxylic acids is 1. The van der Waals surface area contributed by atoms with Crippen LogP contribution in [0.15, 0.2) is 10.5 Å². The predicted octanol–water partition coefficient (Wildman–Crippen LogP) is 3.20. The van der Waals surface area contributed by atoms with Gasteiger partial charge in [0.15, 0.2) is 0 Å². The minimum absolute atomic E-state index is 0.408. The van der Waals surface area contributed by atoms with E-state index in [0.29, 0.717) is 36.4 Å². The van der Waals surface area contributed by atoms with Crippen molar-refractivity contribution >= 4 is 38.6 Å². The Labute approximate surface area is 138 Å². The molecule has 1 aliphatic heterocycles. The smallest absolute Gasteiger partial charge is 0.396 e. The number of fused-ring (bicyclic) bond motifs is 3. The van der Waals surface area contributed by atoms with Crippen LogP contribution in [0.5, 0.6) is 0 Å². The van der Waals surface area contributed by atoms with Gasteiger partial charge in [-0.1, -0.05) is 0 Å². The summed E-state index contributed by atoms with van der Waals surface area (Å²) in [5.74, 6) is -1.54. The van der Waals surface area contributed by atoms with E-state index in [-0.39, 0.29) is 0 Å². The number of aryl methyl sites for hydroxylation is 2. The number of halogens is 4. The lowest BCUT2D eigenvalue weighted by Gasteiger charge is -2.25. The summed E-state index contributed by atoms with van der Waals surface area (Å²) in [6.07, 6.45) is -3.85. The Bertz CT molecular complexity index is 800. The molecule has 124 valence electrons. The number of alkyl halides is 3. The SMILES string of the molecule is Cc1cc2c(nc3n2CCC[C@@H]3NC(=O)C(F)(F)F)c(N)c1Br. The average molecular weight is 391 g/mol. The number of rotatable bonds is 1. The first kappa shape index (κ1) is 16.1. The minimum Gasteiger partial charge on any atom is -0.396 e. The topological polar surface area (TPSA) is 72.9 Å². The van der Waals surface area contributed by atoms with Crippen molar-refractivity contribution < 1.29 is 18.0 Å². The molecule has 0 bridgehead atoms. The summed E-state index contributed by atoms with van der Waals surface area (Å²) < 4.78 is 40.0. The van der Waals surface area contributed by atoms with Crippen LogP contribution >= 0.6 is 15.9 Å². The maximum Gasteiger partial charge on any atom is 0.471 e. The van der Waals surface area contributed by atoms with Gasteiger partial charge in [0.1, 0.15) is 11.3 Å². The molecule has 0 spiro atoms. The highest BCUT2D eigenvalue weighted by atomic mass is 79.9. The number of amides is 1. The fourth-order valence-corrected chi connectivity index (χ4v) is 3.18. The first-order chi connectivity index (χ1) is 10.7. The summed E-state index contributed by atoms with van der Waals surface area (Å²) in [6, 6.07) is 1.11. The molecule has 0 fully saturated rings. The lowest BCUT2D eigenvalue weighted by atomic mass is 10.1. The maximum atomic E-state index is 12.5. The van der Waals surface area contributed by atoms with Gasteiger partial charge in [-0.2, -0.15) is 13.2 Å². The lowest BCUT2D eigenvalue weighted by Crippen LogP contribution is -2.41. The first-order valence-electron chi connectivity index (χ1n) is 7.02. The summed E-state index contributed by atoms with van der Waals surface area (Å²) in [4.78, 5) is 15.6. The number of hydrogen-bond donors (Lipinski definition) is 2. The molecule has 1 amide bonds. The van der Waals surface area contributed by atoms with E-state index in [0.717, 1.165) is 15.6 Å². The normalized spacial score (nSPS) is 18.0. The van der Waals surface area contributed by atoms with Crippen molar-refractivity contribution in [2.24, 2.45) is 0 Å². The second-order valence-corrected chi connectivity index (χ2v) is 6.37. The molecule has 1 atom stereocenters. The second kappa shape index (κ2) is 5.40. The van der Waals surface area contributed by atoms with Crippen molar-refractivity contribution in [2.75, 3.05) is 5.73 Å². The van der Waals surface area contributed by atoms with E-state index in [1.54, 1.807) is 0 Å². The third-order valence-electron chi connectivity index (χ3n) is 3.98. The highest BCUT2D eigenvalue weighted by molar-refractivity contribution is 9.10. The Morgan fingerprint density at radius 2 is 2.22 bits per heavy atom. The average Bonchev–Trinajstić information content (AvgIpc) is 2.84. The third-order valence-corrected chi connectivity index (χ3v) is 5.03. The molecule has 0 radical (unpaired) electrons. The van der Waals surface area contributed by atoms with Crippen molar-refractivity contribution in [1.29, 1.82) is 0 Å². The van der Waals surface area contributed by atoms with Gasteiger partial charge < -0.3 is 15.6 Å². The predicted molar refractivity (Wildman–Crippen MR) is 82.8 cm³/mol. The molecule has 2 heterocycles. The number of benzene rings is 1. The molecular formula is C14H14BrF3N4O. The van der Waals surface area contributed by atoms with E-state index in [2.05, 4.69) is 20.9 Å². The van der Waals surface area contributed by atoms with Crippen LogP contribution in [0, 0.1) is 6.92 Å². The quantitative estimate of drug-likeness (QED) is 0.734. The first-order valence-corrected chi connectivity index (χ1v) is 7.82. The number of nitrogens with zero attached hydrogens (tertiary/aromatic N) is 2. The van der Waals surface area contributed by atoms with Crippen molar-refractivity contribution in [3.63, 3.8) is 0 Å². The van der Waals surface area contributed by atoms with Crippen LogP contribution in [0.1, 0.15) is 30.3 Å². The molecule has 9 heteroatoms. The molecule has 0 saturated carbocycles. The van der Waals surface area contributed by atoms with Crippen LogP contribution in [-0.4, -0.2) is 21.6 Å². The molecule has 5 nitrogen and oxygen atoms in total. The molecule has 3 rings (SSSR count). The number of aromatic nitrogens is 2. The van der Waals surface area contributed by atoms with Gasteiger partial charge in [-0.05, 0) is 47.3 Å². The number of carbonyl (C=O) groups is 1. The lowest BCUT2D eigenvalue weighted by molar-refractivity contribution is -0.174. The van der Waals surface area contributed by atoms with Gasteiger partial charge in [0.25, 0.3) is 0 Å². The summed E-state index contributed by atoms with van der Waals surface area (Å²) >= 11 is 3.38. The zero-order valence-corrected chi connectivity index (χ0v) is 13.8. The number of anilines is 1. The highest BCUT2D eigenvalue weighted by Crippen LogP contribution is 2.36. The fraction of sp³-hybridized carbons (Fsp3) is 0.429. The standard InChI is InChI=1S/C14H14BrF3N4O/c1-6-5-8-11(10(19)9(6)15)21-12-7(3-2-4-22(8)12)20-13(23)14(16,17)18/h5,7H,2-4,19H2,1H3,(H,20,23)/t7-/m0/s1. The molecule has 1 aliphatic rings. The van der Waals surface area contributed by atoms with Crippen LogP contribution in [0.3, 0.4) is 0 Å². The Kier molecular flexibility index (Phi) is 3.78. The molecule has 1 aromatic heterocycles. The molecular weight excluding hydrogens is 377 g/mol. The monoisotopic (exact) mass is 390 g/mol. The summed E-state index contributed by atoms with van der Waals surface area (Å²) in [5, 5.41) is 2.02. The van der Waals surface area contributed by atoms with Crippen LogP contribution in [0.25, 0.3) is 11.0 Å².